The zero-order valence-electron chi connectivity index (χ0n) is 14.5. The summed E-state index contributed by atoms with van der Waals surface area (Å²) in [5.41, 5.74) is 0. The van der Waals surface area contributed by atoms with E-state index in [1.54, 1.807) is 22.2 Å². The van der Waals surface area contributed by atoms with Gasteiger partial charge in [-0.05, 0) is 31.4 Å². The van der Waals surface area contributed by atoms with E-state index in [2.05, 4.69) is 15.3 Å². The Labute approximate surface area is 155 Å². The van der Waals surface area contributed by atoms with Gasteiger partial charge in [0.15, 0.2) is 0 Å². The number of rotatable bonds is 6. The number of piperidine rings is 1. The lowest BCUT2D eigenvalue weighted by atomic mass is 9.97. The number of hydrogen-bond acceptors (Lipinski definition) is 6. The minimum Gasteiger partial charge on any atom is -0.494 e. The molecule has 2 aromatic heterocycles. The van der Waals surface area contributed by atoms with E-state index in [0.717, 1.165) is 48.1 Å². The molecular weight excluding hydrogens is 350 g/mol. The Kier molecular flexibility index (Phi) is 5.10. The molecule has 8 heteroatoms. The first-order valence-electron chi connectivity index (χ1n) is 8.92. The first kappa shape index (κ1) is 17.0. The van der Waals surface area contributed by atoms with Crippen molar-refractivity contribution >= 4 is 22.2 Å². The summed E-state index contributed by atoms with van der Waals surface area (Å²) in [5.74, 6) is 1.48. The van der Waals surface area contributed by atoms with Crippen molar-refractivity contribution in [1.82, 2.24) is 24.7 Å². The van der Waals surface area contributed by atoms with Crippen molar-refractivity contribution in [3.05, 3.63) is 41.7 Å². The van der Waals surface area contributed by atoms with Gasteiger partial charge in [-0.25, -0.2) is 0 Å². The van der Waals surface area contributed by atoms with Crippen LogP contribution in [0.25, 0.3) is 4.96 Å². The van der Waals surface area contributed by atoms with Crippen LogP contribution in [0, 0.1) is 0 Å². The number of nitrogens with zero attached hydrogens (tertiary/aromatic N) is 5. The van der Waals surface area contributed by atoms with Crippen LogP contribution < -0.4 is 4.74 Å². The monoisotopic (exact) mass is 371 g/mol. The smallest absolute Gasteiger partial charge is 0.234 e. The lowest BCUT2D eigenvalue weighted by Gasteiger charge is -2.31. The Balaban J connectivity index is 1.20. The molecule has 0 saturated carbocycles. The summed E-state index contributed by atoms with van der Waals surface area (Å²) in [5, 5.41) is 13.5. The van der Waals surface area contributed by atoms with Crippen LogP contribution in [-0.2, 0) is 4.79 Å². The predicted molar refractivity (Wildman–Crippen MR) is 98.4 cm³/mol. The number of carbonyl (C=O) groups excluding carboxylic acids is 1. The van der Waals surface area contributed by atoms with Crippen LogP contribution in [0.5, 0.6) is 5.75 Å². The van der Waals surface area contributed by atoms with Gasteiger partial charge in [0.1, 0.15) is 17.1 Å². The zero-order chi connectivity index (χ0) is 17.8. The third kappa shape index (κ3) is 3.85. The molecule has 0 atom stereocenters. The summed E-state index contributed by atoms with van der Waals surface area (Å²) in [6.45, 7) is 2.16. The Hall–Kier alpha value is -2.48. The second-order valence-corrected chi connectivity index (χ2v) is 7.41. The van der Waals surface area contributed by atoms with Gasteiger partial charge in [0.05, 0.1) is 6.61 Å². The van der Waals surface area contributed by atoms with E-state index in [1.807, 2.05) is 35.2 Å². The molecule has 0 N–H and O–H groups in total. The van der Waals surface area contributed by atoms with Gasteiger partial charge >= 0.3 is 0 Å². The molecular formula is C18H21N5O2S. The lowest BCUT2D eigenvalue weighted by molar-refractivity contribution is -0.132. The van der Waals surface area contributed by atoms with Crippen LogP contribution in [0.2, 0.25) is 0 Å². The Bertz CT molecular complexity index is 826. The molecule has 136 valence electrons. The van der Waals surface area contributed by atoms with Crippen LogP contribution >= 0.6 is 11.3 Å². The van der Waals surface area contributed by atoms with E-state index in [0.29, 0.717) is 18.9 Å². The van der Waals surface area contributed by atoms with E-state index in [1.165, 1.54) is 0 Å². The highest BCUT2D eigenvalue weighted by Gasteiger charge is 2.26. The number of aromatic nitrogens is 4. The molecule has 1 aliphatic heterocycles. The number of para-hydroxylation sites is 1. The van der Waals surface area contributed by atoms with Crippen molar-refractivity contribution in [3.8, 4) is 5.75 Å². The number of ether oxygens (including phenoxy) is 1. The summed E-state index contributed by atoms with van der Waals surface area (Å²) in [4.78, 5) is 15.2. The van der Waals surface area contributed by atoms with Crippen LogP contribution in [0.4, 0.5) is 0 Å². The van der Waals surface area contributed by atoms with Crippen molar-refractivity contribution in [2.24, 2.45) is 0 Å². The van der Waals surface area contributed by atoms with E-state index < -0.39 is 0 Å². The molecule has 0 radical (unpaired) electrons. The number of benzene rings is 1. The Morgan fingerprint density at radius 1 is 1.23 bits per heavy atom. The molecule has 1 amide bonds. The highest BCUT2D eigenvalue weighted by Crippen LogP contribution is 2.30. The fourth-order valence-corrected chi connectivity index (χ4v) is 4.19. The molecule has 1 fully saturated rings. The molecule has 0 bridgehead atoms. The van der Waals surface area contributed by atoms with E-state index in [4.69, 9.17) is 4.74 Å². The summed E-state index contributed by atoms with van der Waals surface area (Å²) in [6, 6.07) is 9.71. The first-order chi connectivity index (χ1) is 12.8. The van der Waals surface area contributed by atoms with Gasteiger partial charge in [-0.15, -0.1) is 10.2 Å². The zero-order valence-corrected chi connectivity index (χ0v) is 15.3. The lowest BCUT2D eigenvalue weighted by Crippen LogP contribution is -2.37. The number of likely N-dealkylation sites (tertiary alicyclic amines) is 1. The topological polar surface area (TPSA) is 72.6 Å². The largest absolute Gasteiger partial charge is 0.494 e. The SMILES string of the molecule is O=C(CCCOc1ccccc1)N1CCC(c2nn3cnnc3s2)CC1. The van der Waals surface area contributed by atoms with E-state index in [9.17, 15) is 4.79 Å². The van der Waals surface area contributed by atoms with Crippen molar-refractivity contribution in [2.45, 2.75) is 31.6 Å². The van der Waals surface area contributed by atoms with Gasteiger partial charge in [0.2, 0.25) is 10.9 Å². The highest BCUT2D eigenvalue weighted by atomic mass is 32.1. The minimum absolute atomic E-state index is 0.221. The molecule has 1 aliphatic rings. The Morgan fingerprint density at radius 3 is 2.81 bits per heavy atom. The van der Waals surface area contributed by atoms with Crippen LogP contribution in [0.1, 0.15) is 36.6 Å². The maximum atomic E-state index is 12.4. The molecule has 1 saturated heterocycles. The maximum absolute atomic E-state index is 12.4. The summed E-state index contributed by atoms with van der Waals surface area (Å²) >= 11 is 1.59. The summed E-state index contributed by atoms with van der Waals surface area (Å²) in [6.07, 6.45) is 4.82. The third-order valence-electron chi connectivity index (χ3n) is 4.65. The molecule has 3 heterocycles. The molecule has 0 unspecified atom stereocenters. The van der Waals surface area contributed by atoms with Gasteiger partial charge in [-0.1, -0.05) is 29.5 Å². The normalized spacial score (nSPS) is 15.5. The molecule has 0 aliphatic carbocycles. The number of amides is 1. The average Bonchev–Trinajstić information content (AvgIpc) is 3.28. The van der Waals surface area contributed by atoms with Gasteiger partial charge in [0, 0.05) is 25.4 Å². The maximum Gasteiger partial charge on any atom is 0.234 e. The van der Waals surface area contributed by atoms with Crippen molar-refractivity contribution in [2.75, 3.05) is 19.7 Å². The second kappa shape index (κ2) is 7.82. The molecule has 3 aromatic rings. The molecule has 7 nitrogen and oxygen atoms in total. The number of fused-ring (bicyclic) bond motifs is 1. The molecule has 26 heavy (non-hydrogen) atoms. The van der Waals surface area contributed by atoms with Crippen LogP contribution in [-0.4, -0.2) is 50.3 Å². The fraction of sp³-hybridized carbons (Fsp3) is 0.444. The van der Waals surface area contributed by atoms with Crippen LogP contribution in [0.3, 0.4) is 0 Å². The summed E-state index contributed by atoms with van der Waals surface area (Å²) < 4.78 is 7.38. The van der Waals surface area contributed by atoms with Crippen molar-refractivity contribution < 1.29 is 9.53 Å². The van der Waals surface area contributed by atoms with Crippen molar-refractivity contribution in [3.63, 3.8) is 0 Å². The van der Waals surface area contributed by atoms with E-state index >= 15 is 0 Å². The fourth-order valence-electron chi connectivity index (χ4n) is 3.20. The summed E-state index contributed by atoms with van der Waals surface area (Å²) in [7, 11) is 0. The van der Waals surface area contributed by atoms with E-state index in [-0.39, 0.29) is 5.91 Å². The first-order valence-corrected chi connectivity index (χ1v) is 9.73. The number of carbonyl (C=O) groups is 1. The van der Waals surface area contributed by atoms with Gasteiger partial charge in [0.25, 0.3) is 0 Å². The standard InChI is InChI=1S/C18H21N5O2S/c24-16(7-4-12-25-15-5-2-1-3-6-15)22-10-8-14(9-11-22)17-21-23-13-19-20-18(23)26-17/h1-3,5-6,13-14H,4,7-12H2. The average molecular weight is 371 g/mol. The van der Waals surface area contributed by atoms with Gasteiger partial charge in [-0.2, -0.15) is 9.61 Å². The highest BCUT2D eigenvalue weighted by molar-refractivity contribution is 7.16. The quantitative estimate of drug-likeness (QED) is 0.623. The van der Waals surface area contributed by atoms with Gasteiger partial charge < -0.3 is 9.64 Å². The molecule has 4 rings (SSSR count). The van der Waals surface area contributed by atoms with Gasteiger partial charge in [-0.3, -0.25) is 4.79 Å². The number of hydrogen-bond donors (Lipinski definition) is 0. The van der Waals surface area contributed by atoms with Crippen LogP contribution in [0.15, 0.2) is 36.7 Å². The third-order valence-corrected chi connectivity index (χ3v) is 5.72. The second-order valence-electron chi connectivity index (χ2n) is 6.42. The van der Waals surface area contributed by atoms with Crippen molar-refractivity contribution in [1.29, 1.82) is 0 Å². The Morgan fingerprint density at radius 2 is 2.04 bits per heavy atom. The molecule has 1 aromatic carbocycles. The minimum atomic E-state index is 0.221. The predicted octanol–water partition coefficient (Wildman–Crippen LogP) is 2.75. The molecule has 0 spiro atoms.